The minimum Gasteiger partial charge on any atom is -0.496 e. The monoisotopic (exact) mass is 287 g/mol. The van der Waals surface area contributed by atoms with Crippen LogP contribution in [-0.4, -0.2) is 17.1 Å². The summed E-state index contributed by atoms with van der Waals surface area (Å²) in [6, 6.07) is 11.8. The van der Waals surface area contributed by atoms with Crippen LogP contribution in [0.4, 0.5) is 5.69 Å². The van der Waals surface area contributed by atoms with Crippen LogP contribution in [0.15, 0.2) is 42.5 Å². The Balaban J connectivity index is 2.13. The van der Waals surface area contributed by atoms with Crippen LogP contribution in [0, 0.1) is 17.0 Å². The molecule has 5 heteroatoms. The van der Waals surface area contributed by atoms with Crippen molar-refractivity contribution in [3.63, 3.8) is 0 Å². The second-order valence-electron chi connectivity index (χ2n) is 4.87. The zero-order chi connectivity index (χ0) is 15.4. The number of nitro groups is 1. The van der Waals surface area contributed by atoms with Gasteiger partial charge in [0.15, 0.2) is 0 Å². The second-order valence-corrected chi connectivity index (χ2v) is 4.87. The number of non-ortho nitro benzene ring substituents is 1. The number of methoxy groups -OCH3 is 1. The SMILES string of the molecule is COc1cc(C(O)Cc2ccc([N+](=O)[O-])cc2)ccc1C. The Hall–Kier alpha value is -2.40. The van der Waals surface area contributed by atoms with Gasteiger partial charge in [-0.05, 0) is 29.7 Å². The van der Waals surface area contributed by atoms with E-state index in [9.17, 15) is 15.2 Å². The number of ether oxygens (including phenoxy) is 1. The quantitative estimate of drug-likeness (QED) is 0.677. The first kappa shape index (κ1) is 15.0. The molecule has 2 aromatic rings. The van der Waals surface area contributed by atoms with Gasteiger partial charge in [-0.25, -0.2) is 0 Å². The summed E-state index contributed by atoms with van der Waals surface area (Å²) in [6.45, 7) is 1.94. The summed E-state index contributed by atoms with van der Waals surface area (Å²) >= 11 is 0. The predicted molar refractivity (Wildman–Crippen MR) is 79.5 cm³/mol. The van der Waals surface area contributed by atoms with Crippen molar-refractivity contribution in [1.29, 1.82) is 0 Å². The van der Waals surface area contributed by atoms with Crippen LogP contribution >= 0.6 is 0 Å². The highest BCUT2D eigenvalue weighted by Crippen LogP contribution is 2.25. The van der Waals surface area contributed by atoms with Gasteiger partial charge in [0.25, 0.3) is 5.69 Å². The van der Waals surface area contributed by atoms with E-state index in [1.807, 2.05) is 25.1 Å². The molecule has 0 amide bonds. The molecule has 1 unspecified atom stereocenters. The maximum absolute atomic E-state index is 10.6. The van der Waals surface area contributed by atoms with Crippen molar-refractivity contribution in [2.24, 2.45) is 0 Å². The Morgan fingerprint density at radius 1 is 1.24 bits per heavy atom. The third kappa shape index (κ3) is 3.58. The lowest BCUT2D eigenvalue weighted by Crippen LogP contribution is -2.03. The van der Waals surface area contributed by atoms with Crippen molar-refractivity contribution < 1.29 is 14.8 Å². The number of nitrogens with zero attached hydrogens (tertiary/aromatic N) is 1. The van der Waals surface area contributed by atoms with E-state index in [1.165, 1.54) is 12.1 Å². The zero-order valence-corrected chi connectivity index (χ0v) is 11.9. The van der Waals surface area contributed by atoms with Gasteiger partial charge in [-0.3, -0.25) is 10.1 Å². The summed E-state index contributed by atoms with van der Waals surface area (Å²) in [5.74, 6) is 0.732. The topological polar surface area (TPSA) is 72.6 Å². The first-order valence-corrected chi connectivity index (χ1v) is 6.57. The number of aryl methyl sites for hydroxylation is 1. The summed E-state index contributed by atoms with van der Waals surface area (Å²) in [5, 5.41) is 20.9. The van der Waals surface area contributed by atoms with Gasteiger partial charge in [-0.15, -0.1) is 0 Å². The van der Waals surface area contributed by atoms with Crippen molar-refractivity contribution in [3.05, 3.63) is 69.3 Å². The van der Waals surface area contributed by atoms with E-state index in [2.05, 4.69) is 0 Å². The molecule has 5 nitrogen and oxygen atoms in total. The minimum absolute atomic E-state index is 0.0465. The average molecular weight is 287 g/mol. The molecule has 0 spiro atoms. The van der Waals surface area contributed by atoms with E-state index in [0.29, 0.717) is 6.42 Å². The van der Waals surface area contributed by atoms with Gasteiger partial charge in [-0.2, -0.15) is 0 Å². The van der Waals surface area contributed by atoms with Crippen LogP contribution in [0.5, 0.6) is 5.75 Å². The molecule has 21 heavy (non-hydrogen) atoms. The Bertz CT molecular complexity index is 637. The van der Waals surface area contributed by atoms with Crippen LogP contribution in [0.1, 0.15) is 22.8 Å². The Labute approximate surface area is 123 Å². The molecule has 0 aromatic heterocycles. The fourth-order valence-corrected chi connectivity index (χ4v) is 2.14. The van der Waals surface area contributed by atoms with E-state index in [-0.39, 0.29) is 5.69 Å². The van der Waals surface area contributed by atoms with E-state index in [0.717, 1.165) is 22.4 Å². The molecule has 2 rings (SSSR count). The molecule has 0 heterocycles. The first-order chi connectivity index (χ1) is 10.0. The first-order valence-electron chi connectivity index (χ1n) is 6.57. The predicted octanol–water partition coefficient (Wildman–Crippen LogP) is 3.19. The highest BCUT2D eigenvalue weighted by molar-refractivity contribution is 5.38. The molecule has 0 aliphatic carbocycles. The lowest BCUT2D eigenvalue weighted by molar-refractivity contribution is -0.384. The maximum Gasteiger partial charge on any atom is 0.269 e. The van der Waals surface area contributed by atoms with Gasteiger partial charge >= 0.3 is 0 Å². The standard InChI is InChI=1S/C16H17NO4/c1-11-3-6-13(10-16(11)21-2)15(18)9-12-4-7-14(8-5-12)17(19)20/h3-8,10,15,18H,9H2,1-2H3. The normalized spacial score (nSPS) is 12.0. The zero-order valence-electron chi connectivity index (χ0n) is 11.9. The van der Waals surface area contributed by atoms with Gasteiger partial charge in [0.2, 0.25) is 0 Å². The smallest absolute Gasteiger partial charge is 0.269 e. The minimum atomic E-state index is -0.680. The highest BCUT2D eigenvalue weighted by Gasteiger charge is 2.12. The highest BCUT2D eigenvalue weighted by atomic mass is 16.6. The second kappa shape index (κ2) is 6.37. The molecule has 0 aliphatic heterocycles. The summed E-state index contributed by atoms with van der Waals surface area (Å²) < 4.78 is 5.24. The summed E-state index contributed by atoms with van der Waals surface area (Å²) in [4.78, 5) is 10.2. The number of rotatable bonds is 5. The molecule has 0 aliphatic rings. The molecule has 0 saturated heterocycles. The van der Waals surface area contributed by atoms with Crippen molar-refractivity contribution in [1.82, 2.24) is 0 Å². The van der Waals surface area contributed by atoms with Gasteiger partial charge in [-0.1, -0.05) is 24.3 Å². The lowest BCUT2D eigenvalue weighted by Gasteiger charge is -2.13. The number of nitro benzene ring substituents is 1. The van der Waals surface area contributed by atoms with E-state index < -0.39 is 11.0 Å². The van der Waals surface area contributed by atoms with Crippen molar-refractivity contribution in [2.45, 2.75) is 19.4 Å². The van der Waals surface area contributed by atoms with Crippen molar-refractivity contribution in [2.75, 3.05) is 7.11 Å². The molecule has 0 fully saturated rings. The molecular formula is C16H17NO4. The fourth-order valence-electron chi connectivity index (χ4n) is 2.14. The molecular weight excluding hydrogens is 270 g/mol. The number of aliphatic hydroxyl groups excluding tert-OH is 1. The molecule has 2 aromatic carbocycles. The molecule has 1 N–H and O–H groups in total. The molecule has 0 saturated carbocycles. The van der Waals surface area contributed by atoms with Gasteiger partial charge in [0, 0.05) is 18.6 Å². The third-order valence-corrected chi connectivity index (χ3v) is 3.39. The van der Waals surface area contributed by atoms with E-state index in [1.54, 1.807) is 19.2 Å². The summed E-state index contributed by atoms with van der Waals surface area (Å²) in [5.41, 5.74) is 2.65. The Morgan fingerprint density at radius 3 is 2.48 bits per heavy atom. The number of hydrogen-bond acceptors (Lipinski definition) is 4. The Kier molecular flexibility index (Phi) is 4.55. The Morgan fingerprint density at radius 2 is 1.90 bits per heavy atom. The third-order valence-electron chi connectivity index (χ3n) is 3.39. The maximum atomic E-state index is 10.6. The average Bonchev–Trinajstić information content (AvgIpc) is 2.48. The van der Waals surface area contributed by atoms with Crippen LogP contribution < -0.4 is 4.74 Å². The van der Waals surface area contributed by atoms with E-state index in [4.69, 9.17) is 4.74 Å². The van der Waals surface area contributed by atoms with Crippen LogP contribution in [0.25, 0.3) is 0 Å². The van der Waals surface area contributed by atoms with Crippen LogP contribution in [-0.2, 0) is 6.42 Å². The largest absolute Gasteiger partial charge is 0.496 e. The molecule has 110 valence electrons. The van der Waals surface area contributed by atoms with Crippen LogP contribution in [0.2, 0.25) is 0 Å². The van der Waals surface area contributed by atoms with Crippen molar-refractivity contribution >= 4 is 5.69 Å². The van der Waals surface area contributed by atoms with Gasteiger partial charge in [0.05, 0.1) is 18.1 Å². The van der Waals surface area contributed by atoms with Crippen molar-refractivity contribution in [3.8, 4) is 5.75 Å². The number of hydrogen-bond donors (Lipinski definition) is 1. The molecule has 0 bridgehead atoms. The molecule has 0 radical (unpaired) electrons. The van der Waals surface area contributed by atoms with Crippen LogP contribution in [0.3, 0.4) is 0 Å². The summed E-state index contributed by atoms with van der Waals surface area (Å²) in [6.07, 6.45) is -0.287. The number of aliphatic hydroxyl groups is 1. The summed E-state index contributed by atoms with van der Waals surface area (Å²) in [7, 11) is 1.59. The van der Waals surface area contributed by atoms with Gasteiger partial charge < -0.3 is 9.84 Å². The molecule has 1 atom stereocenters. The lowest BCUT2D eigenvalue weighted by atomic mass is 10.00. The number of benzene rings is 2. The fraction of sp³-hybridized carbons (Fsp3) is 0.250. The van der Waals surface area contributed by atoms with E-state index >= 15 is 0 Å². The van der Waals surface area contributed by atoms with Gasteiger partial charge in [0.1, 0.15) is 5.75 Å².